The Hall–Kier alpha value is -0.710. The number of carbonyl (C=O) groups excluding carboxylic acids is 1. The summed E-state index contributed by atoms with van der Waals surface area (Å²) >= 11 is 0. The van der Waals surface area contributed by atoms with E-state index in [9.17, 15) is 13.6 Å². The zero-order chi connectivity index (χ0) is 13.8. The van der Waals surface area contributed by atoms with Gasteiger partial charge in [0.2, 0.25) is 0 Å². The molecule has 1 rings (SSSR count). The third-order valence-electron chi connectivity index (χ3n) is 3.38. The summed E-state index contributed by atoms with van der Waals surface area (Å²) in [6.07, 6.45) is 0.0751. The molecule has 0 aromatic carbocycles. The highest BCUT2D eigenvalue weighted by molar-refractivity contribution is 5.69. The number of hydrogen-bond acceptors (Lipinski definition) is 3. The van der Waals surface area contributed by atoms with E-state index in [1.54, 1.807) is 6.92 Å². The van der Waals surface area contributed by atoms with Crippen LogP contribution in [0.1, 0.15) is 33.6 Å². The van der Waals surface area contributed by atoms with Crippen LogP contribution in [-0.4, -0.2) is 31.7 Å². The van der Waals surface area contributed by atoms with Gasteiger partial charge >= 0.3 is 5.97 Å². The van der Waals surface area contributed by atoms with Crippen LogP contribution in [-0.2, 0) is 14.3 Å². The maximum Gasteiger partial charge on any atom is 0.306 e. The normalized spacial score (nSPS) is 32.4. The Balaban J connectivity index is 2.76. The van der Waals surface area contributed by atoms with Gasteiger partial charge in [0.1, 0.15) is 0 Å². The minimum atomic E-state index is -2.89. The van der Waals surface area contributed by atoms with E-state index in [1.807, 2.05) is 6.92 Å². The lowest BCUT2D eigenvalue weighted by Crippen LogP contribution is -2.42. The van der Waals surface area contributed by atoms with Crippen molar-refractivity contribution < 1.29 is 23.0 Å². The van der Waals surface area contributed by atoms with Crippen LogP contribution in [0.15, 0.2) is 0 Å². The number of alkyl halides is 2. The Kier molecular flexibility index (Phi) is 5.50. The van der Waals surface area contributed by atoms with Crippen molar-refractivity contribution in [2.75, 3.05) is 19.8 Å². The van der Waals surface area contributed by atoms with E-state index in [-0.39, 0.29) is 32.0 Å². The van der Waals surface area contributed by atoms with Crippen LogP contribution in [0, 0.1) is 17.8 Å². The summed E-state index contributed by atoms with van der Waals surface area (Å²) in [6, 6.07) is 0. The van der Waals surface area contributed by atoms with Crippen LogP contribution in [0.5, 0.6) is 0 Å². The standard InChI is InChI=1S/C13H22F2O3/c1-4-18-12(16)6-11-5-9(2)7-17-8-10(3)13(11,14)15/h9-11H,4-8H2,1-3H3/t9?,10?,11-/m1/s1. The maximum absolute atomic E-state index is 14.2. The van der Waals surface area contributed by atoms with Crippen molar-refractivity contribution in [1.82, 2.24) is 0 Å². The van der Waals surface area contributed by atoms with E-state index in [2.05, 4.69) is 0 Å². The second kappa shape index (κ2) is 6.45. The van der Waals surface area contributed by atoms with Gasteiger partial charge in [0.15, 0.2) is 0 Å². The lowest BCUT2D eigenvalue weighted by Gasteiger charge is -2.35. The number of halogens is 2. The average molecular weight is 264 g/mol. The number of rotatable bonds is 3. The molecule has 3 nitrogen and oxygen atoms in total. The van der Waals surface area contributed by atoms with Gasteiger partial charge in [-0.3, -0.25) is 4.79 Å². The summed E-state index contributed by atoms with van der Waals surface area (Å²) in [5.41, 5.74) is 0. The Bertz CT molecular complexity index is 281. The van der Waals surface area contributed by atoms with E-state index < -0.39 is 23.7 Å². The quantitative estimate of drug-likeness (QED) is 0.735. The van der Waals surface area contributed by atoms with Crippen LogP contribution in [0.2, 0.25) is 0 Å². The molecule has 0 bridgehead atoms. The minimum absolute atomic E-state index is 0.0304. The second-order valence-corrected chi connectivity index (χ2v) is 5.16. The summed E-state index contributed by atoms with van der Waals surface area (Å²) in [5.74, 6) is -5.22. The molecule has 3 atom stereocenters. The minimum Gasteiger partial charge on any atom is -0.466 e. The molecular formula is C13H22F2O3. The number of carbonyl (C=O) groups is 1. The molecule has 1 aliphatic rings. The largest absolute Gasteiger partial charge is 0.466 e. The van der Waals surface area contributed by atoms with Crippen molar-refractivity contribution >= 4 is 5.97 Å². The highest BCUT2D eigenvalue weighted by Gasteiger charge is 2.47. The first-order chi connectivity index (χ1) is 8.37. The zero-order valence-corrected chi connectivity index (χ0v) is 11.2. The predicted octanol–water partition coefficient (Wildman–Crippen LogP) is 2.88. The zero-order valence-electron chi connectivity index (χ0n) is 11.2. The average Bonchev–Trinajstić information content (AvgIpc) is 2.27. The molecule has 0 radical (unpaired) electrons. The number of esters is 1. The number of hydrogen-bond donors (Lipinski definition) is 0. The maximum atomic E-state index is 14.2. The molecule has 106 valence electrons. The van der Waals surface area contributed by atoms with Gasteiger partial charge in [-0.25, -0.2) is 8.78 Å². The van der Waals surface area contributed by atoms with Gasteiger partial charge in [0.05, 0.1) is 19.6 Å². The summed E-state index contributed by atoms with van der Waals surface area (Å²) in [7, 11) is 0. The molecule has 0 spiro atoms. The predicted molar refractivity (Wildman–Crippen MR) is 63.5 cm³/mol. The first-order valence-corrected chi connectivity index (χ1v) is 6.49. The fourth-order valence-electron chi connectivity index (χ4n) is 2.31. The Morgan fingerprint density at radius 3 is 2.67 bits per heavy atom. The van der Waals surface area contributed by atoms with Crippen LogP contribution in [0.25, 0.3) is 0 Å². The summed E-state index contributed by atoms with van der Waals surface area (Å²) in [4.78, 5) is 11.4. The fourth-order valence-corrected chi connectivity index (χ4v) is 2.31. The van der Waals surface area contributed by atoms with E-state index >= 15 is 0 Å². The van der Waals surface area contributed by atoms with Gasteiger partial charge in [-0.1, -0.05) is 13.8 Å². The highest BCUT2D eigenvalue weighted by Crippen LogP contribution is 2.40. The molecule has 0 N–H and O–H groups in total. The Morgan fingerprint density at radius 2 is 2.06 bits per heavy atom. The molecule has 0 aromatic rings. The van der Waals surface area contributed by atoms with Crippen LogP contribution in [0.3, 0.4) is 0 Å². The van der Waals surface area contributed by atoms with Gasteiger partial charge in [0.25, 0.3) is 5.92 Å². The van der Waals surface area contributed by atoms with Gasteiger partial charge in [-0.15, -0.1) is 0 Å². The highest BCUT2D eigenvalue weighted by atomic mass is 19.3. The molecule has 0 amide bonds. The van der Waals surface area contributed by atoms with Crippen LogP contribution >= 0.6 is 0 Å². The van der Waals surface area contributed by atoms with Crippen molar-refractivity contribution in [2.24, 2.45) is 17.8 Å². The van der Waals surface area contributed by atoms with Crippen molar-refractivity contribution in [2.45, 2.75) is 39.5 Å². The van der Waals surface area contributed by atoms with E-state index in [1.165, 1.54) is 6.92 Å². The molecule has 0 saturated carbocycles. The molecule has 18 heavy (non-hydrogen) atoms. The summed E-state index contributed by atoms with van der Waals surface area (Å²) in [6.45, 7) is 5.74. The van der Waals surface area contributed by atoms with Crippen molar-refractivity contribution in [1.29, 1.82) is 0 Å². The fraction of sp³-hybridized carbons (Fsp3) is 0.923. The van der Waals surface area contributed by atoms with E-state index in [0.29, 0.717) is 6.61 Å². The lowest BCUT2D eigenvalue weighted by atomic mass is 9.82. The monoisotopic (exact) mass is 264 g/mol. The molecule has 5 heteroatoms. The molecule has 1 saturated heterocycles. The molecule has 0 aromatic heterocycles. The molecular weight excluding hydrogens is 242 g/mol. The first kappa shape index (κ1) is 15.3. The van der Waals surface area contributed by atoms with Crippen LogP contribution in [0.4, 0.5) is 8.78 Å². The third-order valence-corrected chi connectivity index (χ3v) is 3.38. The lowest BCUT2D eigenvalue weighted by molar-refractivity contribution is -0.164. The van der Waals surface area contributed by atoms with Gasteiger partial charge in [-0.05, 0) is 19.3 Å². The summed E-state index contributed by atoms with van der Waals surface area (Å²) in [5, 5.41) is 0. The van der Waals surface area contributed by atoms with E-state index in [4.69, 9.17) is 9.47 Å². The first-order valence-electron chi connectivity index (χ1n) is 6.49. The molecule has 1 heterocycles. The van der Waals surface area contributed by atoms with E-state index in [0.717, 1.165) is 0 Å². The van der Waals surface area contributed by atoms with Gasteiger partial charge in [0, 0.05) is 18.4 Å². The van der Waals surface area contributed by atoms with Crippen molar-refractivity contribution in [3.8, 4) is 0 Å². The smallest absolute Gasteiger partial charge is 0.306 e. The number of ether oxygens (including phenoxy) is 2. The van der Waals surface area contributed by atoms with Gasteiger partial charge in [-0.2, -0.15) is 0 Å². The molecule has 0 aliphatic carbocycles. The Morgan fingerprint density at radius 1 is 1.39 bits per heavy atom. The SMILES string of the molecule is CCOC(=O)C[C@H]1CC(C)COCC(C)C1(F)F. The van der Waals surface area contributed by atoms with Gasteiger partial charge < -0.3 is 9.47 Å². The third kappa shape index (κ3) is 3.90. The molecule has 1 fully saturated rings. The van der Waals surface area contributed by atoms with Crippen molar-refractivity contribution in [3.05, 3.63) is 0 Å². The molecule has 2 unspecified atom stereocenters. The molecule has 1 aliphatic heterocycles. The summed E-state index contributed by atoms with van der Waals surface area (Å²) < 4.78 is 38.4. The Labute approximate surface area is 107 Å². The topological polar surface area (TPSA) is 35.5 Å². The van der Waals surface area contributed by atoms with Crippen LogP contribution < -0.4 is 0 Å². The van der Waals surface area contributed by atoms with Crippen molar-refractivity contribution in [3.63, 3.8) is 0 Å². The second-order valence-electron chi connectivity index (χ2n) is 5.16.